The number of benzene rings is 1. The number of hydrogen-bond donors (Lipinski definition) is 2. The number of halogens is 1. The Morgan fingerprint density at radius 3 is 2.43 bits per heavy atom. The predicted molar refractivity (Wildman–Crippen MR) is 52.9 cm³/mol. The Kier molecular flexibility index (Phi) is 2.81. The molecule has 0 amide bonds. The van der Waals surface area contributed by atoms with E-state index in [1.165, 1.54) is 6.07 Å². The number of aliphatic hydroxyl groups excluding tert-OH is 1. The third-order valence-electron chi connectivity index (χ3n) is 2.33. The molecule has 0 saturated carbocycles. The summed E-state index contributed by atoms with van der Waals surface area (Å²) in [5.74, 6) is -1.00. The Morgan fingerprint density at radius 1 is 1.36 bits per heavy atom. The fraction of sp³-hybridized carbons (Fsp3) is 0.455. The Balaban J connectivity index is 3.34. The van der Waals surface area contributed by atoms with Crippen LogP contribution in [0.4, 0.5) is 4.39 Å². The zero-order valence-electron chi connectivity index (χ0n) is 8.63. The molecule has 78 valence electrons. The van der Waals surface area contributed by atoms with Crippen LogP contribution >= 0.6 is 0 Å². The van der Waals surface area contributed by atoms with Gasteiger partial charge in [-0.25, -0.2) is 4.39 Å². The lowest BCUT2D eigenvalue weighted by Gasteiger charge is -2.23. The maximum absolute atomic E-state index is 13.2. The third kappa shape index (κ3) is 1.87. The number of aryl methyl sites for hydroxylation is 1. The fourth-order valence-electron chi connectivity index (χ4n) is 1.34. The summed E-state index contributed by atoms with van der Waals surface area (Å²) in [6, 6.07) is 2.96. The maximum atomic E-state index is 13.2. The van der Waals surface area contributed by atoms with Gasteiger partial charge in [0.15, 0.2) is 11.6 Å². The molecule has 0 aromatic heterocycles. The monoisotopic (exact) mass is 198 g/mol. The first-order valence-electron chi connectivity index (χ1n) is 4.49. The van der Waals surface area contributed by atoms with Crippen LogP contribution in [0.3, 0.4) is 0 Å². The summed E-state index contributed by atoms with van der Waals surface area (Å²) in [6.45, 7) is 5.12. The Bertz CT molecular complexity index is 345. The van der Waals surface area contributed by atoms with Crippen molar-refractivity contribution in [2.45, 2.75) is 26.2 Å². The highest BCUT2D eigenvalue weighted by Gasteiger charge is 2.25. The highest BCUT2D eigenvalue weighted by Crippen LogP contribution is 2.33. The summed E-state index contributed by atoms with van der Waals surface area (Å²) in [5, 5.41) is 18.6. The summed E-state index contributed by atoms with van der Waals surface area (Å²) in [4.78, 5) is 0. The van der Waals surface area contributed by atoms with Crippen molar-refractivity contribution in [3.8, 4) is 5.75 Å². The molecule has 1 aromatic carbocycles. The van der Waals surface area contributed by atoms with Crippen LogP contribution in [0.2, 0.25) is 0 Å². The number of phenolic OH excluding ortho intramolecular Hbond substituents is 1. The topological polar surface area (TPSA) is 40.5 Å². The molecule has 0 spiro atoms. The smallest absolute Gasteiger partial charge is 0.165 e. The van der Waals surface area contributed by atoms with Gasteiger partial charge in [-0.2, -0.15) is 0 Å². The third-order valence-corrected chi connectivity index (χ3v) is 2.33. The van der Waals surface area contributed by atoms with Crippen LogP contribution in [0.25, 0.3) is 0 Å². The van der Waals surface area contributed by atoms with Crippen molar-refractivity contribution in [3.63, 3.8) is 0 Å². The molecule has 1 rings (SSSR count). The van der Waals surface area contributed by atoms with Crippen LogP contribution in [-0.4, -0.2) is 16.8 Å². The van der Waals surface area contributed by atoms with E-state index in [1.54, 1.807) is 26.8 Å². The Hall–Kier alpha value is -1.09. The molecule has 14 heavy (non-hydrogen) atoms. The number of hydrogen-bond acceptors (Lipinski definition) is 2. The zero-order valence-corrected chi connectivity index (χ0v) is 8.63. The lowest BCUT2D eigenvalue weighted by atomic mass is 9.84. The molecule has 0 fully saturated rings. The summed E-state index contributed by atoms with van der Waals surface area (Å²) < 4.78 is 13.2. The van der Waals surface area contributed by atoms with E-state index in [2.05, 4.69) is 0 Å². The van der Waals surface area contributed by atoms with E-state index in [-0.39, 0.29) is 12.4 Å². The molecule has 0 aliphatic rings. The normalized spacial score (nSPS) is 11.8. The van der Waals surface area contributed by atoms with E-state index < -0.39 is 11.2 Å². The van der Waals surface area contributed by atoms with Crippen LogP contribution < -0.4 is 0 Å². The van der Waals surface area contributed by atoms with Crippen molar-refractivity contribution in [1.29, 1.82) is 0 Å². The first-order chi connectivity index (χ1) is 6.38. The molecule has 0 aliphatic carbocycles. The number of aliphatic hydroxyl groups is 1. The van der Waals surface area contributed by atoms with Gasteiger partial charge in [0.2, 0.25) is 0 Å². The minimum atomic E-state index is -0.637. The van der Waals surface area contributed by atoms with Gasteiger partial charge < -0.3 is 10.2 Å². The summed E-state index contributed by atoms with van der Waals surface area (Å²) in [6.07, 6.45) is 0. The quantitative estimate of drug-likeness (QED) is 0.764. The molecule has 3 heteroatoms. The molecule has 0 unspecified atom stereocenters. The Labute approximate surface area is 83.0 Å². The van der Waals surface area contributed by atoms with Gasteiger partial charge in [0, 0.05) is 11.0 Å². The molecule has 2 N–H and O–H groups in total. The van der Waals surface area contributed by atoms with Crippen molar-refractivity contribution in [2.75, 3.05) is 6.61 Å². The minimum Gasteiger partial charge on any atom is -0.505 e. The average Bonchev–Trinajstić information content (AvgIpc) is 2.11. The number of rotatable bonds is 2. The molecule has 0 radical (unpaired) electrons. The molecule has 0 bridgehead atoms. The van der Waals surface area contributed by atoms with E-state index in [9.17, 15) is 9.50 Å². The average molecular weight is 198 g/mol. The second-order valence-electron chi connectivity index (χ2n) is 4.18. The predicted octanol–water partition coefficient (Wildman–Crippen LogP) is 2.11. The van der Waals surface area contributed by atoms with E-state index >= 15 is 0 Å². The zero-order chi connectivity index (χ0) is 10.9. The van der Waals surface area contributed by atoms with Crippen molar-refractivity contribution in [1.82, 2.24) is 0 Å². The second kappa shape index (κ2) is 3.58. The maximum Gasteiger partial charge on any atom is 0.165 e. The van der Waals surface area contributed by atoms with Crippen molar-refractivity contribution in [2.24, 2.45) is 0 Å². The van der Waals surface area contributed by atoms with Gasteiger partial charge in [0.1, 0.15) is 0 Å². The van der Waals surface area contributed by atoms with Crippen LogP contribution in [0, 0.1) is 12.7 Å². The SMILES string of the molecule is Cc1cc(F)c(O)c(C(C)(C)CO)c1. The lowest BCUT2D eigenvalue weighted by molar-refractivity contribution is 0.214. The summed E-state index contributed by atoms with van der Waals surface area (Å²) in [7, 11) is 0. The van der Waals surface area contributed by atoms with E-state index in [0.29, 0.717) is 5.56 Å². The van der Waals surface area contributed by atoms with Crippen molar-refractivity contribution < 1.29 is 14.6 Å². The standard InChI is InChI=1S/C11H15FO2/c1-7-4-8(11(2,3)6-13)10(14)9(12)5-7/h4-5,13-14H,6H2,1-3H3. The van der Waals surface area contributed by atoms with Gasteiger partial charge in [-0.05, 0) is 18.6 Å². The molecule has 0 saturated heterocycles. The molecule has 0 aliphatic heterocycles. The molecule has 2 nitrogen and oxygen atoms in total. The molecule has 0 atom stereocenters. The molecule has 0 heterocycles. The van der Waals surface area contributed by atoms with Gasteiger partial charge in [-0.1, -0.05) is 19.9 Å². The lowest BCUT2D eigenvalue weighted by Crippen LogP contribution is -2.22. The van der Waals surface area contributed by atoms with Gasteiger partial charge in [0.25, 0.3) is 0 Å². The van der Waals surface area contributed by atoms with Crippen LogP contribution in [0.1, 0.15) is 25.0 Å². The van der Waals surface area contributed by atoms with E-state index in [0.717, 1.165) is 5.56 Å². The van der Waals surface area contributed by atoms with Crippen LogP contribution in [-0.2, 0) is 5.41 Å². The highest BCUT2D eigenvalue weighted by atomic mass is 19.1. The first-order valence-corrected chi connectivity index (χ1v) is 4.49. The minimum absolute atomic E-state index is 0.135. The van der Waals surface area contributed by atoms with Gasteiger partial charge in [-0.3, -0.25) is 0 Å². The molecular weight excluding hydrogens is 183 g/mol. The Morgan fingerprint density at radius 2 is 1.93 bits per heavy atom. The van der Waals surface area contributed by atoms with Crippen molar-refractivity contribution >= 4 is 0 Å². The number of aromatic hydroxyl groups is 1. The van der Waals surface area contributed by atoms with Crippen LogP contribution in [0.5, 0.6) is 5.75 Å². The first kappa shape index (κ1) is 11.0. The number of phenols is 1. The largest absolute Gasteiger partial charge is 0.505 e. The van der Waals surface area contributed by atoms with E-state index in [1.807, 2.05) is 0 Å². The molecular formula is C11H15FO2. The summed E-state index contributed by atoms with van der Waals surface area (Å²) in [5.41, 5.74) is 0.547. The highest BCUT2D eigenvalue weighted by molar-refractivity contribution is 5.41. The van der Waals surface area contributed by atoms with Gasteiger partial charge >= 0.3 is 0 Å². The fourth-order valence-corrected chi connectivity index (χ4v) is 1.34. The summed E-state index contributed by atoms with van der Waals surface area (Å²) >= 11 is 0. The van der Waals surface area contributed by atoms with Crippen LogP contribution in [0.15, 0.2) is 12.1 Å². The second-order valence-corrected chi connectivity index (χ2v) is 4.18. The van der Waals surface area contributed by atoms with E-state index in [4.69, 9.17) is 5.11 Å². The van der Waals surface area contributed by atoms with Gasteiger partial charge in [-0.15, -0.1) is 0 Å². The van der Waals surface area contributed by atoms with Gasteiger partial charge in [0.05, 0.1) is 6.61 Å². The molecule has 1 aromatic rings. The van der Waals surface area contributed by atoms with Crippen molar-refractivity contribution in [3.05, 3.63) is 29.1 Å².